The molecule has 1 atom stereocenters. The van der Waals surface area contributed by atoms with Crippen molar-refractivity contribution in [3.63, 3.8) is 0 Å². The van der Waals surface area contributed by atoms with Crippen LogP contribution in [0, 0.1) is 0 Å². The van der Waals surface area contributed by atoms with E-state index in [4.69, 9.17) is 5.73 Å². The Bertz CT molecular complexity index is 428. The number of benzene rings is 1. The number of para-hydroxylation sites is 1. The van der Waals surface area contributed by atoms with Gasteiger partial charge in [-0.05, 0) is 36.4 Å². The van der Waals surface area contributed by atoms with E-state index in [9.17, 15) is 4.79 Å². The van der Waals surface area contributed by atoms with Crippen molar-refractivity contribution in [2.24, 2.45) is 5.73 Å². The summed E-state index contributed by atoms with van der Waals surface area (Å²) in [6, 6.07) is 6.33. The predicted molar refractivity (Wildman–Crippen MR) is 70.3 cm³/mol. The van der Waals surface area contributed by atoms with Crippen molar-refractivity contribution in [2.45, 2.75) is 32.1 Å². The summed E-state index contributed by atoms with van der Waals surface area (Å²) in [5.74, 6) is 0.502. The second-order valence-electron chi connectivity index (χ2n) is 4.64. The lowest BCUT2D eigenvalue weighted by Gasteiger charge is -2.33. The average Bonchev–Trinajstić information content (AvgIpc) is 2.35. The zero-order valence-corrected chi connectivity index (χ0v) is 10.6. The number of hydrogen-bond acceptors (Lipinski definition) is 2. The minimum Gasteiger partial charge on any atom is -0.330 e. The van der Waals surface area contributed by atoms with E-state index in [1.54, 1.807) is 4.90 Å². The number of carbonyl (C=O) groups excluding carboxylic acids is 1. The van der Waals surface area contributed by atoms with Crippen molar-refractivity contribution >= 4 is 11.6 Å². The van der Waals surface area contributed by atoms with Crippen LogP contribution >= 0.6 is 0 Å². The lowest BCUT2D eigenvalue weighted by atomic mass is 9.85. The Balaban J connectivity index is 2.51. The number of hydrogen-bond donors (Lipinski definition) is 1. The van der Waals surface area contributed by atoms with E-state index in [-0.39, 0.29) is 5.91 Å². The number of nitrogens with two attached hydrogens (primary N) is 1. The molecular formula is C14H20N2O. The van der Waals surface area contributed by atoms with E-state index < -0.39 is 0 Å². The van der Waals surface area contributed by atoms with Crippen molar-refractivity contribution in [1.29, 1.82) is 0 Å². The lowest BCUT2D eigenvalue weighted by molar-refractivity contribution is -0.119. The first-order chi connectivity index (χ1) is 8.19. The summed E-state index contributed by atoms with van der Waals surface area (Å²) in [7, 11) is 1.87. The molecule has 0 aliphatic carbocycles. The van der Waals surface area contributed by atoms with E-state index in [1.165, 1.54) is 11.1 Å². The van der Waals surface area contributed by atoms with Crippen LogP contribution in [0.1, 0.15) is 36.8 Å². The van der Waals surface area contributed by atoms with E-state index in [0.717, 1.165) is 18.5 Å². The normalized spacial score (nSPS) is 19.4. The molecule has 3 nitrogen and oxygen atoms in total. The third-order valence-electron chi connectivity index (χ3n) is 3.62. The number of nitrogens with zero attached hydrogens (tertiary/aromatic N) is 1. The highest BCUT2D eigenvalue weighted by molar-refractivity contribution is 5.97. The average molecular weight is 232 g/mol. The maximum atomic E-state index is 12.0. The van der Waals surface area contributed by atoms with Crippen LogP contribution in [-0.2, 0) is 11.2 Å². The van der Waals surface area contributed by atoms with Gasteiger partial charge in [-0.2, -0.15) is 0 Å². The molecule has 1 unspecified atom stereocenters. The van der Waals surface area contributed by atoms with Crippen LogP contribution < -0.4 is 10.6 Å². The Labute approximate surface area is 103 Å². The molecule has 2 rings (SSSR count). The molecule has 1 aliphatic heterocycles. The monoisotopic (exact) mass is 232 g/mol. The summed E-state index contributed by atoms with van der Waals surface area (Å²) in [5, 5.41) is 0. The Morgan fingerprint density at radius 3 is 2.88 bits per heavy atom. The first-order valence-corrected chi connectivity index (χ1v) is 6.27. The Kier molecular flexibility index (Phi) is 3.48. The lowest BCUT2D eigenvalue weighted by Crippen LogP contribution is -2.34. The molecule has 0 spiro atoms. The number of carbonyl (C=O) groups is 1. The molecule has 1 heterocycles. The molecule has 92 valence electrons. The molecule has 2 N–H and O–H groups in total. The molecule has 0 bridgehead atoms. The topological polar surface area (TPSA) is 46.3 Å². The molecule has 17 heavy (non-hydrogen) atoms. The molecule has 0 fully saturated rings. The largest absolute Gasteiger partial charge is 0.330 e. The highest BCUT2D eigenvalue weighted by Crippen LogP contribution is 2.39. The van der Waals surface area contributed by atoms with Gasteiger partial charge in [0.1, 0.15) is 0 Å². The summed E-state index contributed by atoms with van der Waals surface area (Å²) >= 11 is 0. The maximum Gasteiger partial charge on any atom is 0.227 e. The summed E-state index contributed by atoms with van der Waals surface area (Å²) in [6.07, 6.45) is 2.43. The van der Waals surface area contributed by atoms with Crippen molar-refractivity contribution < 1.29 is 4.79 Å². The van der Waals surface area contributed by atoms with Gasteiger partial charge in [-0.15, -0.1) is 0 Å². The smallest absolute Gasteiger partial charge is 0.227 e. The quantitative estimate of drug-likeness (QED) is 0.867. The second kappa shape index (κ2) is 4.88. The van der Waals surface area contributed by atoms with Gasteiger partial charge in [-0.3, -0.25) is 4.79 Å². The van der Waals surface area contributed by atoms with Crippen molar-refractivity contribution in [1.82, 2.24) is 0 Å². The summed E-state index contributed by atoms with van der Waals surface area (Å²) in [6.45, 7) is 2.76. The van der Waals surface area contributed by atoms with Gasteiger partial charge in [0.2, 0.25) is 5.91 Å². The molecule has 1 amide bonds. The van der Waals surface area contributed by atoms with Crippen LogP contribution in [0.3, 0.4) is 0 Å². The number of aryl methyl sites for hydroxylation is 1. The van der Waals surface area contributed by atoms with Crippen LogP contribution in [-0.4, -0.2) is 19.5 Å². The minimum atomic E-state index is 0.205. The van der Waals surface area contributed by atoms with Crippen LogP contribution in [0.15, 0.2) is 18.2 Å². The fraction of sp³-hybridized carbons (Fsp3) is 0.500. The van der Waals surface area contributed by atoms with Gasteiger partial charge in [-0.25, -0.2) is 0 Å². The van der Waals surface area contributed by atoms with Crippen LogP contribution in [0.4, 0.5) is 5.69 Å². The molecule has 3 heteroatoms. The maximum absolute atomic E-state index is 12.0. The van der Waals surface area contributed by atoms with Crippen molar-refractivity contribution in [3.8, 4) is 0 Å². The Hall–Kier alpha value is -1.35. The SMILES string of the molecule is CCc1cccc2c1N(C)C(=O)CC2CCN. The molecule has 1 aliphatic rings. The molecule has 0 saturated carbocycles. The number of rotatable bonds is 3. The highest BCUT2D eigenvalue weighted by Gasteiger charge is 2.29. The van der Waals surface area contributed by atoms with Gasteiger partial charge in [-0.1, -0.05) is 25.1 Å². The van der Waals surface area contributed by atoms with Crippen molar-refractivity contribution in [2.75, 3.05) is 18.5 Å². The number of amides is 1. The van der Waals surface area contributed by atoms with Gasteiger partial charge >= 0.3 is 0 Å². The summed E-state index contributed by atoms with van der Waals surface area (Å²) in [4.78, 5) is 13.8. The van der Waals surface area contributed by atoms with E-state index in [1.807, 2.05) is 7.05 Å². The summed E-state index contributed by atoms with van der Waals surface area (Å²) in [5.41, 5.74) is 9.30. The van der Waals surface area contributed by atoms with Gasteiger partial charge in [0.05, 0.1) is 0 Å². The van der Waals surface area contributed by atoms with E-state index >= 15 is 0 Å². The van der Waals surface area contributed by atoms with E-state index in [2.05, 4.69) is 25.1 Å². The van der Waals surface area contributed by atoms with Crippen LogP contribution in [0.2, 0.25) is 0 Å². The number of anilines is 1. The third-order valence-corrected chi connectivity index (χ3v) is 3.62. The van der Waals surface area contributed by atoms with Crippen LogP contribution in [0.25, 0.3) is 0 Å². The zero-order chi connectivity index (χ0) is 12.4. The molecule has 0 aromatic heterocycles. The highest BCUT2D eigenvalue weighted by atomic mass is 16.2. The Morgan fingerprint density at radius 1 is 1.47 bits per heavy atom. The van der Waals surface area contributed by atoms with Crippen molar-refractivity contribution in [3.05, 3.63) is 29.3 Å². The van der Waals surface area contributed by atoms with Crippen LogP contribution in [0.5, 0.6) is 0 Å². The molecule has 1 aromatic rings. The first kappa shape index (κ1) is 12.1. The summed E-state index contributed by atoms with van der Waals surface area (Å²) < 4.78 is 0. The number of fused-ring (bicyclic) bond motifs is 1. The van der Waals surface area contributed by atoms with Gasteiger partial charge in [0, 0.05) is 19.2 Å². The first-order valence-electron chi connectivity index (χ1n) is 6.27. The van der Waals surface area contributed by atoms with Gasteiger partial charge < -0.3 is 10.6 Å². The third kappa shape index (κ3) is 2.07. The molecule has 1 aromatic carbocycles. The molecule has 0 radical (unpaired) electrons. The Morgan fingerprint density at radius 2 is 2.24 bits per heavy atom. The molecule has 0 saturated heterocycles. The zero-order valence-electron chi connectivity index (χ0n) is 10.6. The fourth-order valence-electron chi connectivity index (χ4n) is 2.68. The predicted octanol–water partition coefficient (Wildman–Crippen LogP) is 2.05. The van der Waals surface area contributed by atoms with Gasteiger partial charge in [0.25, 0.3) is 0 Å². The van der Waals surface area contributed by atoms with E-state index in [0.29, 0.717) is 18.9 Å². The molecular weight excluding hydrogens is 212 g/mol. The second-order valence-corrected chi connectivity index (χ2v) is 4.64. The standard InChI is InChI=1S/C14H20N2O/c1-3-10-5-4-6-12-11(7-8-15)9-13(17)16(2)14(10)12/h4-6,11H,3,7-9,15H2,1-2H3. The fourth-order valence-corrected chi connectivity index (χ4v) is 2.68. The minimum absolute atomic E-state index is 0.205. The van der Waals surface area contributed by atoms with Gasteiger partial charge in [0.15, 0.2) is 0 Å².